The van der Waals surface area contributed by atoms with Crippen molar-refractivity contribution in [2.45, 2.75) is 51.1 Å². The summed E-state index contributed by atoms with van der Waals surface area (Å²) in [5.74, 6) is 2.95. The van der Waals surface area contributed by atoms with Crippen molar-refractivity contribution in [3.8, 4) is 11.5 Å². The maximum Gasteiger partial charge on any atom is 0.319 e. The van der Waals surface area contributed by atoms with Crippen LogP contribution in [0.2, 0.25) is 0 Å². The van der Waals surface area contributed by atoms with Gasteiger partial charge in [-0.2, -0.15) is 0 Å². The summed E-state index contributed by atoms with van der Waals surface area (Å²) in [6.07, 6.45) is 9.63. The van der Waals surface area contributed by atoms with Crippen LogP contribution in [0.25, 0.3) is 10.8 Å². The van der Waals surface area contributed by atoms with Gasteiger partial charge in [-0.3, -0.25) is 9.88 Å². The zero-order valence-electron chi connectivity index (χ0n) is 21.3. The van der Waals surface area contributed by atoms with Crippen LogP contribution >= 0.6 is 0 Å². The van der Waals surface area contributed by atoms with Crippen LogP contribution in [-0.2, 0) is 11.3 Å². The van der Waals surface area contributed by atoms with Crippen LogP contribution in [-0.4, -0.2) is 48.3 Å². The maximum atomic E-state index is 12.8. The molecule has 3 aliphatic rings. The fraction of sp³-hybridized carbons (Fsp3) is 0.467. The van der Waals surface area contributed by atoms with Crippen molar-refractivity contribution in [1.82, 2.24) is 15.2 Å². The molecule has 1 saturated heterocycles. The van der Waals surface area contributed by atoms with E-state index in [0.717, 1.165) is 73.1 Å². The number of aromatic nitrogens is 1. The number of ether oxygens (including phenoxy) is 2. The molecule has 0 bridgehead atoms. The number of anilines is 1. The predicted molar refractivity (Wildman–Crippen MR) is 145 cm³/mol. The number of hydrogen-bond donors (Lipinski definition) is 2. The van der Waals surface area contributed by atoms with E-state index in [9.17, 15) is 4.79 Å². The first-order valence-electron chi connectivity index (χ1n) is 13.7. The molecule has 1 aliphatic heterocycles. The molecule has 0 radical (unpaired) electrons. The molecule has 6 rings (SSSR count). The van der Waals surface area contributed by atoms with Crippen LogP contribution < -0.4 is 15.4 Å². The van der Waals surface area contributed by atoms with Gasteiger partial charge in [0, 0.05) is 36.4 Å². The van der Waals surface area contributed by atoms with Gasteiger partial charge < -0.3 is 20.1 Å². The molecule has 7 nitrogen and oxygen atoms in total. The minimum absolute atomic E-state index is 0.127. The normalized spacial score (nSPS) is 22.2. The van der Waals surface area contributed by atoms with Crippen molar-refractivity contribution in [3.05, 3.63) is 60.4 Å². The molecular weight excluding hydrogens is 464 g/mol. The van der Waals surface area contributed by atoms with E-state index < -0.39 is 0 Å². The Morgan fingerprint density at radius 1 is 1.03 bits per heavy atom. The molecule has 3 aromatic rings. The van der Waals surface area contributed by atoms with Crippen LogP contribution in [0, 0.1) is 11.8 Å². The molecule has 37 heavy (non-hydrogen) atoms. The largest absolute Gasteiger partial charge is 0.455 e. The Morgan fingerprint density at radius 3 is 2.62 bits per heavy atom. The Hall–Kier alpha value is -3.16. The van der Waals surface area contributed by atoms with Crippen molar-refractivity contribution >= 4 is 22.5 Å². The van der Waals surface area contributed by atoms with E-state index in [0.29, 0.717) is 17.7 Å². The van der Waals surface area contributed by atoms with Crippen LogP contribution in [0.3, 0.4) is 0 Å². The van der Waals surface area contributed by atoms with Crippen molar-refractivity contribution in [2.24, 2.45) is 11.8 Å². The number of pyridine rings is 1. The van der Waals surface area contributed by atoms with Gasteiger partial charge in [-0.25, -0.2) is 4.79 Å². The quantitative estimate of drug-likeness (QED) is 0.400. The molecule has 7 heteroatoms. The van der Waals surface area contributed by atoms with E-state index in [1.807, 2.05) is 48.5 Å². The summed E-state index contributed by atoms with van der Waals surface area (Å²) in [5, 5.41) is 8.15. The second-order valence-electron chi connectivity index (χ2n) is 10.7. The van der Waals surface area contributed by atoms with Gasteiger partial charge >= 0.3 is 6.03 Å². The predicted octanol–water partition coefficient (Wildman–Crippen LogP) is 5.95. The summed E-state index contributed by atoms with van der Waals surface area (Å²) in [4.78, 5) is 19.7. The Kier molecular flexibility index (Phi) is 7.24. The Balaban J connectivity index is 1.08. The summed E-state index contributed by atoms with van der Waals surface area (Å²) in [6.45, 7) is 4.25. The number of carbonyl (C=O) groups excluding carboxylic acids is 1. The Bertz CT molecular complexity index is 1220. The van der Waals surface area contributed by atoms with Gasteiger partial charge in [0.1, 0.15) is 11.5 Å². The van der Waals surface area contributed by atoms with Crippen molar-refractivity contribution in [1.29, 1.82) is 0 Å². The summed E-state index contributed by atoms with van der Waals surface area (Å²) in [7, 11) is 0. The van der Waals surface area contributed by atoms with Crippen molar-refractivity contribution in [3.63, 3.8) is 0 Å². The molecule has 2 unspecified atom stereocenters. The molecule has 2 N–H and O–H groups in total. The van der Waals surface area contributed by atoms with Crippen LogP contribution in [0.4, 0.5) is 10.5 Å². The van der Waals surface area contributed by atoms with E-state index in [2.05, 4.69) is 20.5 Å². The van der Waals surface area contributed by atoms with Gasteiger partial charge in [-0.15, -0.1) is 0 Å². The zero-order chi connectivity index (χ0) is 25.0. The number of nitrogens with one attached hydrogen (secondary N) is 2. The number of nitrogens with zero attached hydrogens (tertiary/aromatic N) is 2. The van der Waals surface area contributed by atoms with E-state index >= 15 is 0 Å². The third kappa shape index (κ3) is 6.05. The average molecular weight is 501 g/mol. The summed E-state index contributed by atoms with van der Waals surface area (Å²) >= 11 is 0. The first-order valence-corrected chi connectivity index (χ1v) is 13.7. The SMILES string of the molecule is O=C(Nc1ccc(Oc2ccc(CN3CCOCC3)nc2)c2ccccc12)NC1CC1CC1CCCC1. The highest BCUT2D eigenvalue weighted by molar-refractivity contribution is 6.04. The smallest absolute Gasteiger partial charge is 0.319 e. The van der Waals surface area contributed by atoms with E-state index in [4.69, 9.17) is 9.47 Å². The number of carbonyl (C=O) groups is 1. The maximum absolute atomic E-state index is 12.8. The van der Waals surface area contributed by atoms with Gasteiger partial charge in [0.05, 0.1) is 30.8 Å². The van der Waals surface area contributed by atoms with Crippen LogP contribution in [0.15, 0.2) is 54.7 Å². The first-order chi connectivity index (χ1) is 18.2. The van der Waals surface area contributed by atoms with Gasteiger partial charge in [0.25, 0.3) is 0 Å². The second kappa shape index (κ2) is 11.1. The molecule has 2 atom stereocenters. The van der Waals surface area contributed by atoms with E-state index in [-0.39, 0.29) is 6.03 Å². The lowest BCUT2D eigenvalue weighted by Crippen LogP contribution is -2.35. The number of fused-ring (bicyclic) bond motifs is 1. The molecule has 2 aromatic carbocycles. The lowest BCUT2D eigenvalue weighted by molar-refractivity contribution is 0.0336. The second-order valence-corrected chi connectivity index (χ2v) is 10.7. The third-order valence-corrected chi connectivity index (χ3v) is 8.00. The molecule has 0 spiro atoms. The van der Waals surface area contributed by atoms with Crippen molar-refractivity contribution in [2.75, 3.05) is 31.6 Å². The standard InChI is InChI=1S/C30H36N4O3/c35-30(33-28-18-22(28)17-21-5-1-2-6-21)32-27-11-12-29(26-8-4-3-7-25(26)27)37-24-10-9-23(31-19-24)20-34-13-15-36-16-14-34/h3-4,7-12,19,21-22,28H,1-2,5-6,13-18,20H2,(H2,32,33,35). The Labute approximate surface area is 218 Å². The number of amides is 2. The summed E-state index contributed by atoms with van der Waals surface area (Å²) < 4.78 is 11.6. The fourth-order valence-electron chi connectivity index (χ4n) is 5.84. The molecule has 2 aliphatic carbocycles. The highest BCUT2D eigenvalue weighted by atomic mass is 16.5. The average Bonchev–Trinajstić information content (AvgIpc) is 3.41. The molecule has 2 heterocycles. The van der Waals surface area contributed by atoms with Gasteiger partial charge in [0.2, 0.25) is 0 Å². The number of morpholine rings is 1. The number of hydrogen-bond acceptors (Lipinski definition) is 5. The molecular formula is C30H36N4O3. The minimum atomic E-state index is -0.127. The van der Waals surface area contributed by atoms with Crippen LogP contribution in [0.5, 0.6) is 11.5 Å². The van der Waals surface area contributed by atoms with Gasteiger partial charge in [-0.05, 0) is 48.9 Å². The fourth-order valence-corrected chi connectivity index (χ4v) is 5.84. The molecule has 2 saturated carbocycles. The topological polar surface area (TPSA) is 75.7 Å². The number of benzene rings is 2. The first kappa shape index (κ1) is 24.2. The zero-order valence-corrected chi connectivity index (χ0v) is 21.3. The lowest BCUT2D eigenvalue weighted by atomic mass is 10.0. The van der Waals surface area contributed by atoms with E-state index in [1.165, 1.54) is 32.1 Å². The number of urea groups is 1. The summed E-state index contributed by atoms with van der Waals surface area (Å²) in [6, 6.07) is 16.0. The molecule has 2 amide bonds. The molecule has 1 aromatic heterocycles. The highest BCUT2D eigenvalue weighted by Crippen LogP contribution is 2.41. The van der Waals surface area contributed by atoms with Crippen LogP contribution in [0.1, 0.15) is 44.2 Å². The Morgan fingerprint density at radius 2 is 1.84 bits per heavy atom. The monoisotopic (exact) mass is 500 g/mol. The third-order valence-electron chi connectivity index (χ3n) is 8.00. The van der Waals surface area contributed by atoms with Gasteiger partial charge in [-0.1, -0.05) is 49.9 Å². The lowest BCUT2D eigenvalue weighted by Gasteiger charge is -2.26. The molecule has 194 valence electrons. The van der Waals surface area contributed by atoms with Crippen molar-refractivity contribution < 1.29 is 14.3 Å². The summed E-state index contributed by atoms with van der Waals surface area (Å²) in [5.41, 5.74) is 1.80. The minimum Gasteiger partial charge on any atom is -0.455 e. The van der Waals surface area contributed by atoms with E-state index in [1.54, 1.807) is 6.20 Å². The number of rotatable bonds is 8. The molecule has 3 fully saturated rings. The highest BCUT2D eigenvalue weighted by Gasteiger charge is 2.40. The van der Waals surface area contributed by atoms with Gasteiger partial charge in [0.15, 0.2) is 0 Å².